The van der Waals surface area contributed by atoms with Gasteiger partial charge in [-0.05, 0) is 24.8 Å². The lowest BCUT2D eigenvalue weighted by molar-refractivity contribution is 0.232. The lowest BCUT2D eigenvalue weighted by Crippen LogP contribution is -2.36. The van der Waals surface area contributed by atoms with E-state index >= 15 is 0 Å². The van der Waals surface area contributed by atoms with Gasteiger partial charge in [0.2, 0.25) is 0 Å². The van der Waals surface area contributed by atoms with E-state index in [1.807, 2.05) is 10.6 Å². The van der Waals surface area contributed by atoms with E-state index in [0.717, 1.165) is 6.42 Å². The maximum absolute atomic E-state index is 11.4. The Kier molecular flexibility index (Phi) is 2.17. The maximum atomic E-state index is 11.4. The number of nitrogens with zero attached hydrogens (tertiary/aromatic N) is 1. The zero-order valence-corrected chi connectivity index (χ0v) is 8.06. The summed E-state index contributed by atoms with van der Waals surface area (Å²) in [6.07, 6.45) is 6.84. The van der Waals surface area contributed by atoms with Crippen LogP contribution in [0.15, 0.2) is 0 Å². The molecule has 2 amide bonds. The third-order valence-electron chi connectivity index (χ3n) is 2.74. The number of rotatable bonds is 1. The molecule has 2 fully saturated rings. The zero-order valence-electron chi connectivity index (χ0n) is 7.25. The summed E-state index contributed by atoms with van der Waals surface area (Å²) in [7, 11) is 0. The SMILES string of the molecule is CSN1C(=O)NC2CCCCC21. The fourth-order valence-corrected chi connectivity index (χ4v) is 2.89. The van der Waals surface area contributed by atoms with Crippen molar-refractivity contribution in [3.63, 3.8) is 0 Å². The van der Waals surface area contributed by atoms with Crippen LogP contribution in [0.5, 0.6) is 0 Å². The van der Waals surface area contributed by atoms with Crippen LogP contribution in [0.3, 0.4) is 0 Å². The molecular formula is C8H14N2OS. The van der Waals surface area contributed by atoms with E-state index in [9.17, 15) is 4.79 Å². The Morgan fingerprint density at radius 3 is 3.00 bits per heavy atom. The minimum Gasteiger partial charge on any atom is -0.332 e. The molecule has 1 N–H and O–H groups in total. The largest absolute Gasteiger partial charge is 0.332 e. The Morgan fingerprint density at radius 2 is 2.25 bits per heavy atom. The van der Waals surface area contributed by atoms with Crippen LogP contribution in [-0.2, 0) is 0 Å². The Bertz CT molecular complexity index is 197. The molecule has 12 heavy (non-hydrogen) atoms. The quantitative estimate of drug-likeness (QED) is 0.631. The van der Waals surface area contributed by atoms with Gasteiger partial charge in [-0.25, -0.2) is 4.79 Å². The van der Waals surface area contributed by atoms with Gasteiger partial charge in [0.05, 0.1) is 12.1 Å². The topological polar surface area (TPSA) is 32.3 Å². The predicted molar refractivity (Wildman–Crippen MR) is 49.9 cm³/mol. The van der Waals surface area contributed by atoms with Gasteiger partial charge < -0.3 is 5.32 Å². The highest BCUT2D eigenvalue weighted by atomic mass is 32.2. The fourth-order valence-electron chi connectivity index (χ4n) is 2.15. The average molecular weight is 186 g/mol. The summed E-state index contributed by atoms with van der Waals surface area (Å²) in [6, 6.07) is 0.999. The number of carbonyl (C=O) groups is 1. The van der Waals surface area contributed by atoms with Crippen molar-refractivity contribution < 1.29 is 4.79 Å². The molecule has 1 aliphatic carbocycles. The first-order valence-corrected chi connectivity index (χ1v) is 5.65. The van der Waals surface area contributed by atoms with Crippen molar-refractivity contribution in [2.75, 3.05) is 6.26 Å². The number of hydrogen-bond acceptors (Lipinski definition) is 2. The average Bonchev–Trinajstić information content (AvgIpc) is 2.40. The smallest absolute Gasteiger partial charge is 0.328 e. The third-order valence-corrected chi connectivity index (χ3v) is 3.57. The van der Waals surface area contributed by atoms with Crippen LogP contribution in [-0.4, -0.2) is 28.7 Å². The molecule has 0 aromatic carbocycles. The van der Waals surface area contributed by atoms with E-state index in [2.05, 4.69) is 5.32 Å². The van der Waals surface area contributed by atoms with Crippen LogP contribution in [0.25, 0.3) is 0 Å². The van der Waals surface area contributed by atoms with Gasteiger partial charge in [0, 0.05) is 6.26 Å². The lowest BCUT2D eigenvalue weighted by atomic mass is 9.92. The minimum absolute atomic E-state index is 0.111. The van der Waals surface area contributed by atoms with Gasteiger partial charge in [0.1, 0.15) is 0 Å². The highest BCUT2D eigenvalue weighted by Gasteiger charge is 2.40. The number of amides is 2. The minimum atomic E-state index is 0.111. The molecule has 0 bridgehead atoms. The van der Waals surface area contributed by atoms with Crippen LogP contribution < -0.4 is 5.32 Å². The molecule has 1 saturated heterocycles. The second-order valence-electron chi connectivity index (χ2n) is 3.42. The molecule has 2 atom stereocenters. The second kappa shape index (κ2) is 3.17. The molecule has 0 radical (unpaired) electrons. The van der Waals surface area contributed by atoms with E-state index in [-0.39, 0.29) is 6.03 Å². The van der Waals surface area contributed by atoms with Crippen molar-refractivity contribution in [1.82, 2.24) is 9.62 Å². The van der Waals surface area contributed by atoms with Crippen molar-refractivity contribution in [2.45, 2.75) is 37.8 Å². The maximum Gasteiger partial charge on any atom is 0.328 e. The van der Waals surface area contributed by atoms with Gasteiger partial charge in [0.25, 0.3) is 0 Å². The molecule has 0 spiro atoms. The van der Waals surface area contributed by atoms with Crippen molar-refractivity contribution >= 4 is 18.0 Å². The fraction of sp³-hybridized carbons (Fsp3) is 0.875. The van der Waals surface area contributed by atoms with Gasteiger partial charge in [0.15, 0.2) is 0 Å². The Balaban J connectivity index is 2.10. The summed E-state index contributed by atoms with van der Waals surface area (Å²) < 4.78 is 1.89. The first-order valence-electron chi connectivity index (χ1n) is 4.47. The molecule has 0 aromatic heterocycles. The molecule has 0 aromatic rings. The molecular weight excluding hydrogens is 172 g/mol. The zero-order chi connectivity index (χ0) is 8.55. The second-order valence-corrected chi connectivity index (χ2v) is 4.17. The molecule has 4 heteroatoms. The summed E-state index contributed by atoms with van der Waals surface area (Å²) >= 11 is 1.55. The van der Waals surface area contributed by atoms with Gasteiger partial charge >= 0.3 is 6.03 Å². The summed E-state index contributed by atoms with van der Waals surface area (Å²) in [4.78, 5) is 11.4. The van der Waals surface area contributed by atoms with E-state index in [4.69, 9.17) is 0 Å². The molecule has 2 unspecified atom stereocenters. The Hall–Kier alpha value is -0.380. The van der Waals surface area contributed by atoms with Crippen molar-refractivity contribution in [3.8, 4) is 0 Å². The van der Waals surface area contributed by atoms with E-state index in [1.165, 1.54) is 19.3 Å². The number of carbonyl (C=O) groups excluding carboxylic acids is 1. The molecule has 2 aliphatic rings. The summed E-state index contributed by atoms with van der Waals surface area (Å²) in [6.45, 7) is 0. The van der Waals surface area contributed by atoms with Crippen molar-refractivity contribution in [2.24, 2.45) is 0 Å². The van der Waals surface area contributed by atoms with E-state index in [0.29, 0.717) is 12.1 Å². The summed E-state index contributed by atoms with van der Waals surface area (Å²) in [5.74, 6) is 0. The normalized spacial score (nSPS) is 34.8. The lowest BCUT2D eigenvalue weighted by Gasteiger charge is -2.27. The summed E-state index contributed by atoms with van der Waals surface area (Å²) in [5, 5.41) is 3.02. The van der Waals surface area contributed by atoms with Crippen LogP contribution in [0.2, 0.25) is 0 Å². The van der Waals surface area contributed by atoms with Crippen LogP contribution in [0, 0.1) is 0 Å². The predicted octanol–water partition coefficient (Wildman–Crippen LogP) is 1.60. The van der Waals surface area contributed by atoms with Gasteiger partial charge in [-0.15, -0.1) is 0 Å². The van der Waals surface area contributed by atoms with Crippen LogP contribution >= 0.6 is 11.9 Å². The van der Waals surface area contributed by atoms with Gasteiger partial charge in [-0.2, -0.15) is 0 Å². The van der Waals surface area contributed by atoms with Crippen molar-refractivity contribution in [3.05, 3.63) is 0 Å². The first kappa shape index (κ1) is 8.23. The van der Waals surface area contributed by atoms with Crippen molar-refractivity contribution in [1.29, 1.82) is 0 Å². The molecule has 68 valence electrons. The summed E-state index contributed by atoms with van der Waals surface area (Å²) in [5.41, 5.74) is 0. The van der Waals surface area contributed by atoms with Crippen LogP contribution in [0.4, 0.5) is 4.79 Å². The number of nitrogens with one attached hydrogen (secondary N) is 1. The highest BCUT2D eigenvalue weighted by Crippen LogP contribution is 2.31. The Labute approximate surface area is 77.0 Å². The Morgan fingerprint density at radius 1 is 1.50 bits per heavy atom. The third kappa shape index (κ3) is 1.18. The molecule has 1 aliphatic heterocycles. The highest BCUT2D eigenvalue weighted by molar-refractivity contribution is 7.96. The molecule has 1 saturated carbocycles. The standard InChI is InChI=1S/C8H14N2OS/c1-12-10-7-5-3-2-4-6(7)9-8(10)11/h6-7H,2-5H2,1H3,(H,9,11). The number of fused-ring (bicyclic) bond motifs is 1. The van der Waals surface area contributed by atoms with Gasteiger partial charge in [-0.3, -0.25) is 4.31 Å². The van der Waals surface area contributed by atoms with E-state index < -0.39 is 0 Å². The molecule has 3 nitrogen and oxygen atoms in total. The van der Waals surface area contributed by atoms with Gasteiger partial charge in [-0.1, -0.05) is 12.8 Å². The first-order chi connectivity index (χ1) is 5.83. The molecule has 2 rings (SSSR count). The van der Waals surface area contributed by atoms with E-state index in [1.54, 1.807) is 11.9 Å². The monoisotopic (exact) mass is 186 g/mol. The number of hydrogen-bond donors (Lipinski definition) is 1. The number of urea groups is 1. The molecule has 1 heterocycles. The van der Waals surface area contributed by atoms with Crippen LogP contribution in [0.1, 0.15) is 25.7 Å².